The summed E-state index contributed by atoms with van der Waals surface area (Å²) in [7, 11) is 1.74. The summed E-state index contributed by atoms with van der Waals surface area (Å²) < 4.78 is 11.1. The Labute approximate surface area is 156 Å². The van der Waals surface area contributed by atoms with Crippen molar-refractivity contribution in [3.8, 4) is 5.75 Å². The van der Waals surface area contributed by atoms with Gasteiger partial charge in [0.05, 0.1) is 7.11 Å². The lowest BCUT2D eigenvalue weighted by molar-refractivity contribution is -0.140. The Morgan fingerprint density at radius 3 is 2.69 bits per heavy atom. The van der Waals surface area contributed by atoms with Crippen LogP contribution in [0.1, 0.15) is 57.6 Å². The van der Waals surface area contributed by atoms with Crippen LogP contribution in [0.25, 0.3) is 0 Å². The molecule has 6 atom stereocenters. The second-order valence-corrected chi connectivity index (χ2v) is 8.95. The molecule has 3 aliphatic rings. The van der Waals surface area contributed by atoms with Crippen molar-refractivity contribution in [2.24, 2.45) is 29.1 Å². The Kier molecular flexibility index (Phi) is 4.17. The number of carbonyl (C=O) groups is 1. The Morgan fingerprint density at radius 2 is 2.00 bits per heavy atom. The van der Waals surface area contributed by atoms with Crippen molar-refractivity contribution in [3.63, 3.8) is 0 Å². The monoisotopic (exact) mass is 354 g/mol. The van der Waals surface area contributed by atoms with E-state index in [-0.39, 0.29) is 11.4 Å². The van der Waals surface area contributed by atoms with Gasteiger partial charge in [0.15, 0.2) is 0 Å². The minimum atomic E-state index is -0.193. The van der Waals surface area contributed by atoms with E-state index in [9.17, 15) is 4.79 Å². The number of esters is 1. The fourth-order valence-electron chi connectivity index (χ4n) is 6.44. The van der Waals surface area contributed by atoms with Gasteiger partial charge in [-0.3, -0.25) is 4.79 Å². The molecule has 1 aromatic rings. The van der Waals surface area contributed by atoms with Gasteiger partial charge in [-0.05, 0) is 78.2 Å². The summed E-state index contributed by atoms with van der Waals surface area (Å²) >= 11 is 0. The maximum absolute atomic E-state index is 11.6. The van der Waals surface area contributed by atoms with E-state index in [0.717, 1.165) is 30.8 Å². The molecular weight excluding hydrogens is 324 g/mol. The molecular formula is C23H30O3. The van der Waals surface area contributed by atoms with E-state index >= 15 is 0 Å². The number of hydrogen-bond acceptors (Lipinski definition) is 3. The van der Waals surface area contributed by atoms with Gasteiger partial charge in [0, 0.05) is 12.3 Å². The van der Waals surface area contributed by atoms with Crippen LogP contribution >= 0.6 is 0 Å². The first-order chi connectivity index (χ1) is 12.3. The van der Waals surface area contributed by atoms with Crippen LogP contribution in [0, 0.1) is 29.1 Å². The highest BCUT2D eigenvalue weighted by atomic mass is 16.5. The van der Waals surface area contributed by atoms with E-state index in [0.29, 0.717) is 29.6 Å². The van der Waals surface area contributed by atoms with Crippen LogP contribution in [0.4, 0.5) is 0 Å². The summed E-state index contributed by atoms with van der Waals surface area (Å²) in [6, 6.07) is 6.65. The summed E-state index contributed by atoms with van der Waals surface area (Å²) in [5.41, 5.74) is 2.97. The molecule has 0 spiro atoms. The Balaban J connectivity index is 1.73. The van der Waals surface area contributed by atoms with E-state index in [1.165, 1.54) is 18.1 Å². The third-order valence-corrected chi connectivity index (χ3v) is 7.34. The molecule has 4 rings (SSSR count). The first kappa shape index (κ1) is 17.6. The third kappa shape index (κ3) is 2.51. The standard InChI is InChI=1S/C23H30O3/c1-13-10-16-11-17(25-5)6-7-18(16)21-14(2)12-23(4)19(22(13)21)8-9-20(23)26-15(3)24/h6-7,9,11,13-14,19,21-22H,8,10,12H2,1-5H3/t13-,14+,19?,21?,22?,23+/m1/s1. The van der Waals surface area contributed by atoms with Gasteiger partial charge in [-0.15, -0.1) is 0 Å². The lowest BCUT2D eigenvalue weighted by Gasteiger charge is -2.54. The molecule has 0 amide bonds. The maximum atomic E-state index is 11.6. The molecule has 0 saturated heterocycles. The number of fused-ring (bicyclic) bond motifs is 5. The lowest BCUT2D eigenvalue weighted by Crippen LogP contribution is -2.48. The molecule has 26 heavy (non-hydrogen) atoms. The Morgan fingerprint density at radius 1 is 1.23 bits per heavy atom. The molecule has 0 aromatic heterocycles. The molecule has 3 aliphatic carbocycles. The number of hydrogen-bond donors (Lipinski definition) is 0. The number of methoxy groups -OCH3 is 1. The fraction of sp³-hybridized carbons (Fsp3) is 0.609. The number of rotatable bonds is 2. The third-order valence-electron chi connectivity index (χ3n) is 7.34. The molecule has 3 heteroatoms. The summed E-state index contributed by atoms with van der Waals surface area (Å²) in [5, 5.41) is 0. The Bertz CT molecular complexity index is 765. The molecule has 0 radical (unpaired) electrons. The molecule has 1 saturated carbocycles. The molecule has 3 unspecified atom stereocenters. The number of benzene rings is 1. The van der Waals surface area contributed by atoms with E-state index in [4.69, 9.17) is 9.47 Å². The largest absolute Gasteiger partial charge is 0.497 e. The second-order valence-electron chi connectivity index (χ2n) is 8.95. The van der Waals surface area contributed by atoms with Crippen LogP contribution in [0.15, 0.2) is 30.0 Å². The first-order valence-corrected chi connectivity index (χ1v) is 9.91. The van der Waals surface area contributed by atoms with Crippen molar-refractivity contribution in [3.05, 3.63) is 41.2 Å². The molecule has 1 fully saturated rings. The lowest BCUT2D eigenvalue weighted by atomic mass is 9.50. The van der Waals surface area contributed by atoms with Gasteiger partial charge in [-0.2, -0.15) is 0 Å². The number of allylic oxidation sites excluding steroid dienone is 2. The van der Waals surface area contributed by atoms with Gasteiger partial charge < -0.3 is 9.47 Å². The van der Waals surface area contributed by atoms with Gasteiger partial charge in [0.25, 0.3) is 0 Å². The second kappa shape index (κ2) is 6.14. The van der Waals surface area contributed by atoms with Crippen molar-refractivity contribution in [1.82, 2.24) is 0 Å². The van der Waals surface area contributed by atoms with Crippen LogP contribution in [-0.4, -0.2) is 13.1 Å². The molecule has 1 aromatic carbocycles. The summed E-state index contributed by atoms with van der Waals surface area (Å²) in [5.74, 6) is 4.66. The highest BCUT2D eigenvalue weighted by molar-refractivity contribution is 5.67. The summed E-state index contributed by atoms with van der Waals surface area (Å²) in [4.78, 5) is 11.6. The SMILES string of the molecule is COc1ccc2c(c1)C[C@@H](C)C1C2[C@@H](C)C[C@]2(C)C(OC(C)=O)=CCC12. The molecule has 140 valence electrons. The molecule has 0 N–H and O–H groups in total. The van der Waals surface area contributed by atoms with Crippen molar-refractivity contribution in [2.75, 3.05) is 7.11 Å². The zero-order valence-corrected chi connectivity index (χ0v) is 16.5. The topological polar surface area (TPSA) is 35.5 Å². The Hall–Kier alpha value is -1.77. The van der Waals surface area contributed by atoms with Gasteiger partial charge >= 0.3 is 5.97 Å². The van der Waals surface area contributed by atoms with Crippen LogP contribution in [0.2, 0.25) is 0 Å². The highest BCUT2D eigenvalue weighted by Crippen LogP contribution is 2.64. The smallest absolute Gasteiger partial charge is 0.307 e. The van der Waals surface area contributed by atoms with E-state index in [2.05, 4.69) is 45.0 Å². The maximum Gasteiger partial charge on any atom is 0.307 e. The van der Waals surface area contributed by atoms with Gasteiger partial charge in [-0.25, -0.2) is 0 Å². The zero-order valence-electron chi connectivity index (χ0n) is 16.5. The van der Waals surface area contributed by atoms with Crippen molar-refractivity contribution < 1.29 is 14.3 Å². The number of carbonyl (C=O) groups excluding carboxylic acids is 1. The predicted molar refractivity (Wildman–Crippen MR) is 102 cm³/mol. The van der Waals surface area contributed by atoms with Crippen LogP contribution in [0.5, 0.6) is 5.75 Å². The van der Waals surface area contributed by atoms with E-state index in [1.807, 2.05) is 0 Å². The predicted octanol–water partition coefficient (Wildman–Crippen LogP) is 5.10. The van der Waals surface area contributed by atoms with Crippen LogP contribution in [-0.2, 0) is 16.0 Å². The first-order valence-electron chi connectivity index (χ1n) is 9.91. The highest BCUT2D eigenvalue weighted by Gasteiger charge is 2.57. The average molecular weight is 354 g/mol. The average Bonchev–Trinajstić information content (AvgIpc) is 2.89. The van der Waals surface area contributed by atoms with E-state index < -0.39 is 0 Å². The normalized spacial score (nSPS) is 37.9. The quantitative estimate of drug-likeness (QED) is 0.693. The van der Waals surface area contributed by atoms with Gasteiger partial charge in [0.1, 0.15) is 11.5 Å². The van der Waals surface area contributed by atoms with Gasteiger partial charge in [-0.1, -0.05) is 26.8 Å². The number of ether oxygens (including phenoxy) is 2. The molecule has 0 bridgehead atoms. The van der Waals surface area contributed by atoms with E-state index in [1.54, 1.807) is 7.11 Å². The van der Waals surface area contributed by atoms with Crippen LogP contribution in [0.3, 0.4) is 0 Å². The van der Waals surface area contributed by atoms with Crippen molar-refractivity contribution >= 4 is 5.97 Å². The molecule has 0 heterocycles. The van der Waals surface area contributed by atoms with Gasteiger partial charge in [0.2, 0.25) is 0 Å². The van der Waals surface area contributed by atoms with Crippen molar-refractivity contribution in [2.45, 2.75) is 52.9 Å². The minimum Gasteiger partial charge on any atom is -0.497 e. The van der Waals surface area contributed by atoms with Crippen LogP contribution < -0.4 is 4.74 Å². The van der Waals surface area contributed by atoms with Crippen molar-refractivity contribution in [1.29, 1.82) is 0 Å². The molecule has 3 nitrogen and oxygen atoms in total. The molecule has 0 aliphatic heterocycles. The zero-order chi connectivity index (χ0) is 18.6. The summed E-state index contributed by atoms with van der Waals surface area (Å²) in [6.45, 7) is 8.62. The minimum absolute atomic E-state index is 0.00944. The fourth-order valence-corrected chi connectivity index (χ4v) is 6.44. The summed E-state index contributed by atoms with van der Waals surface area (Å²) in [6.07, 6.45) is 5.41.